The zero-order valence-electron chi connectivity index (χ0n) is 9.61. The third-order valence-corrected chi connectivity index (χ3v) is 3.23. The van der Waals surface area contributed by atoms with Crippen LogP contribution in [0.25, 0.3) is 0 Å². The molecule has 0 heterocycles. The number of aromatic hydroxyl groups is 1. The van der Waals surface area contributed by atoms with Gasteiger partial charge in [0.25, 0.3) is 0 Å². The lowest BCUT2D eigenvalue weighted by Gasteiger charge is -2.23. The molecule has 0 bridgehead atoms. The Bertz CT molecular complexity index is 430. The summed E-state index contributed by atoms with van der Waals surface area (Å²) in [7, 11) is 0. The molecule has 0 fully saturated rings. The number of aliphatic carboxylic acids is 1. The Morgan fingerprint density at radius 2 is 1.83 bits per heavy atom. The van der Waals surface area contributed by atoms with Crippen LogP contribution in [0.15, 0.2) is 12.1 Å². The quantitative estimate of drug-likeness (QED) is 0.798. The van der Waals surface area contributed by atoms with E-state index in [2.05, 4.69) is 0 Å². The summed E-state index contributed by atoms with van der Waals surface area (Å²) in [5.41, 5.74) is 4.98. The fourth-order valence-electron chi connectivity index (χ4n) is 1.44. The number of phenols is 1. The highest BCUT2D eigenvalue weighted by Crippen LogP contribution is 2.33. The summed E-state index contributed by atoms with van der Waals surface area (Å²) in [4.78, 5) is 11.1. The van der Waals surface area contributed by atoms with Crippen LogP contribution in [0.2, 0.25) is 10.0 Å². The average molecular weight is 315 g/mol. The van der Waals surface area contributed by atoms with Crippen LogP contribution in [0.4, 0.5) is 0 Å². The molecule has 0 saturated carbocycles. The number of phenolic OH excluding ortho intramolecular Hbond substituents is 1. The molecule has 1 aromatic carbocycles. The van der Waals surface area contributed by atoms with Crippen molar-refractivity contribution in [3.63, 3.8) is 0 Å². The van der Waals surface area contributed by atoms with E-state index in [1.54, 1.807) is 6.92 Å². The van der Waals surface area contributed by atoms with Gasteiger partial charge in [-0.05, 0) is 24.1 Å². The number of benzene rings is 1. The number of carboxylic acid groups (broad SMARTS) is 1. The summed E-state index contributed by atoms with van der Waals surface area (Å²) in [6.45, 7) is 1.69. The Balaban J connectivity index is 0.00000289. The average Bonchev–Trinajstić information content (AvgIpc) is 2.25. The monoisotopic (exact) mass is 313 g/mol. The molecular weight excluding hydrogens is 300 g/mol. The second-order valence-electron chi connectivity index (χ2n) is 3.90. The van der Waals surface area contributed by atoms with Crippen LogP contribution in [0.1, 0.15) is 18.9 Å². The van der Waals surface area contributed by atoms with E-state index in [9.17, 15) is 9.90 Å². The number of hydrogen-bond acceptors (Lipinski definition) is 3. The van der Waals surface area contributed by atoms with Crippen molar-refractivity contribution >= 4 is 41.6 Å². The van der Waals surface area contributed by atoms with Gasteiger partial charge in [-0.25, -0.2) is 0 Å². The summed E-state index contributed by atoms with van der Waals surface area (Å²) in [5, 5.41) is 18.6. The highest BCUT2D eigenvalue weighted by Gasteiger charge is 2.32. The molecule has 4 N–H and O–H groups in total. The maximum Gasteiger partial charge on any atom is 0.324 e. The first-order valence-electron chi connectivity index (χ1n) is 4.99. The number of carbonyl (C=O) groups is 1. The van der Waals surface area contributed by atoms with Gasteiger partial charge in [0, 0.05) is 6.42 Å². The van der Waals surface area contributed by atoms with Crippen LogP contribution in [0, 0.1) is 0 Å². The van der Waals surface area contributed by atoms with Crippen LogP contribution < -0.4 is 5.73 Å². The number of rotatable bonds is 4. The Kier molecular flexibility index (Phi) is 6.23. The minimum atomic E-state index is -1.36. The molecule has 0 saturated heterocycles. The first-order chi connectivity index (χ1) is 7.80. The van der Waals surface area contributed by atoms with E-state index >= 15 is 0 Å². The fourth-order valence-corrected chi connectivity index (χ4v) is 1.97. The maximum atomic E-state index is 11.1. The van der Waals surface area contributed by atoms with E-state index in [0.29, 0.717) is 5.56 Å². The Morgan fingerprint density at radius 3 is 2.17 bits per heavy atom. The van der Waals surface area contributed by atoms with Crippen LogP contribution >= 0.6 is 35.6 Å². The van der Waals surface area contributed by atoms with Crippen molar-refractivity contribution in [1.82, 2.24) is 0 Å². The normalized spacial score (nSPS) is 13.6. The topological polar surface area (TPSA) is 83.5 Å². The lowest BCUT2D eigenvalue weighted by atomic mass is 9.89. The standard InChI is InChI=1S/C11H13Cl2NO3.ClH/c1-2-11(14,10(16)17)5-6-3-7(12)9(15)8(13)4-6;/h3-4,15H,2,5,14H2,1H3,(H,16,17);1H. The first-order valence-corrected chi connectivity index (χ1v) is 5.75. The van der Waals surface area contributed by atoms with Crippen LogP contribution in [-0.2, 0) is 11.2 Å². The number of hydrogen-bond donors (Lipinski definition) is 3. The van der Waals surface area contributed by atoms with Gasteiger partial charge in [0.15, 0.2) is 5.75 Å². The summed E-state index contributed by atoms with van der Waals surface area (Å²) in [5.74, 6) is -1.30. The molecule has 1 rings (SSSR count). The van der Waals surface area contributed by atoms with Crippen molar-refractivity contribution in [3.8, 4) is 5.75 Å². The van der Waals surface area contributed by atoms with Gasteiger partial charge in [-0.2, -0.15) is 0 Å². The summed E-state index contributed by atoms with van der Waals surface area (Å²) < 4.78 is 0. The van der Waals surface area contributed by atoms with Gasteiger partial charge >= 0.3 is 5.97 Å². The van der Waals surface area contributed by atoms with Crippen molar-refractivity contribution in [2.24, 2.45) is 5.73 Å². The summed E-state index contributed by atoms with van der Waals surface area (Å²) >= 11 is 11.5. The maximum absolute atomic E-state index is 11.1. The van der Waals surface area contributed by atoms with Crippen molar-refractivity contribution in [2.45, 2.75) is 25.3 Å². The zero-order valence-corrected chi connectivity index (χ0v) is 11.9. The minimum Gasteiger partial charge on any atom is -0.505 e. The van der Waals surface area contributed by atoms with Crippen molar-refractivity contribution in [1.29, 1.82) is 0 Å². The zero-order chi connectivity index (χ0) is 13.2. The number of halogens is 3. The van der Waals surface area contributed by atoms with Gasteiger partial charge in [-0.3, -0.25) is 4.79 Å². The molecule has 1 unspecified atom stereocenters. The highest BCUT2D eigenvalue weighted by atomic mass is 35.5. The largest absolute Gasteiger partial charge is 0.505 e. The van der Waals surface area contributed by atoms with Crippen LogP contribution in [0.3, 0.4) is 0 Å². The molecule has 4 nitrogen and oxygen atoms in total. The van der Waals surface area contributed by atoms with Gasteiger partial charge in [0.05, 0.1) is 10.0 Å². The fraction of sp³-hybridized carbons (Fsp3) is 0.364. The lowest BCUT2D eigenvalue weighted by molar-refractivity contribution is -0.143. The van der Waals surface area contributed by atoms with E-state index in [4.69, 9.17) is 34.0 Å². The Hall–Kier alpha value is -0.680. The third-order valence-electron chi connectivity index (χ3n) is 2.65. The molecule has 102 valence electrons. The second kappa shape index (κ2) is 6.48. The summed E-state index contributed by atoms with van der Waals surface area (Å²) in [6.07, 6.45) is 0.372. The van der Waals surface area contributed by atoms with Crippen molar-refractivity contribution < 1.29 is 15.0 Å². The predicted molar refractivity (Wildman–Crippen MR) is 73.9 cm³/mol. The smallest absolute Gasteiger partial charge is 0.324 e. The van der Waals surface area contributed by atoms with Gasteiger partial charge in [-0.1, -0.05) is 30.1 Å². The van der Waals surface area contributed by atoms with Crippen molar-refractivity contribution in [3.05, 3.63) is 27.7 Å². The van der Waals surface area contributed by atoms with Gasteiger partial charge in [0.2, 0.25) is 0 Å². The Labute approximate surface area is 121 Å². The van der Waals surface area contributed by atoms with Crippen LogP contribution in [-0.4, -0.2) is 21.7 Å². The number of carboxylic acids is 1. The van der Waals surface area contributed by atoms with Crippen molar-refractivity contribution in [2.75, 3.05) is 0 Å². The van der Waals surface area contributed by atoms with E-state index in [0.717, 1.165) is 0 Å². The summed E-state index contributed by atoms with van der Waals surface area (Å²) in [6, 6.07) is 2.92. The minimum absolute atomic E-state index is 0. The Morgan fingerprint density at radius 1 is 1.39 bits per heavy atom. The molecule has 0 aliphatic carbocycles. The van der Waals surface area contributed by atoms with E-state index in [1.807, 2.05) is 0 Å². The lowest BCUT2D eigenvalue weighted by Crippen LogP contribution is -2.49. The third kappa shape index (κ3) is 3.65. The van der Waals surface area contributed by atoms with E-state index < -0.39 is 11.5 Å². The van der Waals surface area contributed by atoms with E-state index in [1.165, 1.54) is 12.1 Å². The van der Waals surface area contributed by atoms with Crippen LogP contribution in [0.5, 0.6) is 5.75 Å². The van der Waals surface area contributed by atoms with E-state index in [-0.39, 0.29) is 41.0 Å². The van der Waals surface area contributed by atoms with Gasteiger partial charge < -0.3 is 15.9 Å². The number of nitrogens with two attached hydrogens (primary N) is 1. The molecule has 0 amide bonds. The molecule has 18 heavy (non-hydrogen) atoms. The first kappa shape index (κ1) is 17.3. The molecule has 0 spiro atoms. The molecule has 7 heteroatoms. The molecule has 0 aromatic heterocycles. The molecule has 1 atom stereocenters. The molecule has 0 aliphatic rings. The van der Waals surface area contributed by atoms with Gasteiger partial charge in [-0.15, -0.1) is 12.4 Å². The highest BCUT2D eigenvalue weighted by molar-refractivity contribution is 6.37. The SMILES string of the molecule is CCC(N)(Cc1cc(Cl)c(O)c(Cl)c1)C(=O)O.Cl. The molecule has 1 aromatic rings. The van der Waals surface area contributed by atoms with Gasteiger partial charge in [0.1, 0.15) is 5.54 Å². The second-order valence-corrected chi connectivity index (χ2v) is 4.71. The molecular formula is C11H14Cl3NO3. The molecule has 0 radical (unpaired) electrons. The predicted octanol–water partition coefficient (Wildman–Crippen LogP) is 2.86. The molecule has 0 aliphatic heterocycles.